The number of benzene rings is 1. The fraction of sp³-hybridized carbons (Fsp3) is 0.167. The fourth-order valence-corrected chi connectivity index (χ4v) is 1.30. The molecule has 2 aromatic rings. The summed E-state index contributed by atoms with van der Waals surface area (Å²) in [6.45, 7) is 2.03. The molecular weight excluding hydrogens is 188 g/mol. The Hall–Kier alpha value is -2.08. The second-order valence-corrected chi connectivity index (χ2v) is 3.33. The lowest BCUT2D eigenvalue weighted by molar-refractivity contribution is 0.532. The molecule has 0 atom stereocenters. The molecule has 3 nitrogen and oxygen atoms in total. The van der Waals surface area contributed by atoms with Gasteiger partial charge in [0.05, 0.1) is 18.7 Å². The summed E-state index contributed by atoms with van der Waals surface area (Å²) in [6.07, 6.45) is 1.86. The maximum atomic E-state index is 8.50. The topological polar surface area (TPSA) is 49.8 Å². The molecule has 0 saturated heterocycles. The molecule has 0 spiro atoms. The normalized spacial score (nSPS) is 9.87. The van der Waals surface area contributed by atoms with Crippen LogP contribution in [0.2, 0.25) is 0 Å². The SMILES string of the molecule is Cc1ccc(-c2ncc(CC#N)o2)cc1. The molecule has 1 heterocycles. The number of hydrogen-bond donors (Lipinski definition) is 0. The van der Waals surface area contributed by atoms with Gasteiger partial charge in [-0.05, 0) is 19.1 Å². The summed E-state index contributed by atoms with van der Waals surface area (Å²) >= 11 is 0. The van der Waals surface area contributed by atoms with Gasteiger partial charge in [0.1, 0.15) is 5.76 Å². The highest BCUT2D eigenvalue weighted by molar-refractivity contribution is 5.53. The second-order valence-electron chi connectivity index (χ2n) is 3.33. The minimum Gasteiger partial charge on any atom is -0.440 e. The molecule has 0 aliphatic carbocycles. The summed E-state index contributed by atoms with van der Waals surface area (Å²) in [5.74, 6) is 1.17. The zero-order valence-electron chi connectivity index (χ0n) is 8.40. The van der Waals surface area contributed by atoms with Crippen molar-refractivity contribution in [3.05, 3.63) is 41.8 Å². The molecule has 1 aromatic heterocycles. The van der Waals surface area contributed by atoms with Gasteiger partial charge in [0.25, 0.3) is 0 Å². The third-order valence-electron chi connectivity index (χ3n) is 2.11. The molecule has 0 amide bonds. The Kier molecular flexibility index (Phi) is 2.51. The minimum absolute atomic E-state index is 0.263. The van der Waals surface area contributed by atoms with Crippen molar-refractivity contribution in [2.75, 3.05) is 0 Å². The molecule has 0 unspecified atom stereocenters. The standard InChI is InChI=1S/C12H10N2O/c1-9-2-4-10(5-3-9)12-14-8-11(15-12)6-7-13/h2-5,8H,6H2,1H3. The number of oxazole rings is 1. The second kappa shape index (κ2) is 3.97. The fourth-order valence-electron chi connectivity index (χ4n) is 1.30. The molecule has 0 aliphatic heterocycles. The highest BCUT2D eigenvalue weighted by Gasteiger charge is 2.05. The first kappa shape index (κ1) is 9.47. The summed E-state index contributed by atoms with van der Waals surface area (Å²) in [7, 11) is 0. The van der Waals surface area contributed by atoms with Crippen molar-refractivity contribution in [3.8, 4) is 17.5 Å². The highest BCUT2D eigenvalue weighted by atomic mass is 16.4. The van der Waals surface area contributed by atoms with E-state index < -0.39 is 0 Å². The Morgan fingerprint density at radius 3 is 2.73 bits per heavy atom. The Morgan fingerprint density at radius 2 is 2.07 bits per heavy atom. The van der Waals surface area contributed by atoms with Crippen LogP contribution in [0.5, 0.6) is 0 Å². The van der Waals surface area contributed by atoms with Gasteiger partial charge >= 0.3 is 0 Å². The Balaban J connectivity index is 2.30. The zero-order chi connectivity index (χ0) is 10.7. The maximum absolute atomic E-state index is 8.50. The first-order valence-corrected chi connectivity index (χ1v) is 4.68. The van der Waals surface area contributed by atoms with Crippen LogP contribution >= 0.6 is 0 Å². The average molecular weight is 198 g/mol. The van der Waals surface area contributed by atoms with Gasteiger partial charge in [-0.25, -0.2) is 4.98 Å². The van der Waals surface area contributed by atoms with Crippen molar-refractivity contribution in [1.82, 2.24) is 4.98 Å². The molecule has 3 heteroatoms. The van der Waals surface area contributed by atoms with E-state index in [0.717, 1.165) is 5.56 Å². The molecule has 0 saturated carbocycles. The Labute approximate surface area is 88.0 Å². The molecule has 15 heavy (non-hydrogen) atoms. The Morgan fingerprint density at radius 1 is 1.33 bits per heavy atom. The van der Waals surface area contributed by atoms with E-state index in [0.29, 0.717) is 11.7 Å². The average Bonchev–Trinajstić information content (AvgIpc) is 2.68. The molecular formula is C12H10N2O. The van der Waals surface area contributed by atoms with E-state index in [-0.39, 0.29) is 6.42 Å². The molecule has 0 fully saturated rings. The predicted octanol–water partition coefficient (Wildman–Crippen LogP) is 2.72. The van der Waals surface area contributed by atoms with Crippen LogP contribution in [0.15, 0.2) is 34.9 Å². The monoisotopic (exact) mass is 198 g/mol. The van der Waals surface area contributed by atoms with Crippen LogP contribution in [-0.4, -0.2) is 4.98 Å². The van der Waals surface area contributed by atoms with Gasteiger partial charge in [0.2, 0.25) is 5.89 Å². The van der Waals surface area contributed by atoms with Gasteiger partial charge in [0, 0.05) is 5.56 Å². The number of aryl methyl sites for hydroxylation is 1. The van der Waals surface area contributed by atoms with Crippen LogP contribution in [0.1, 0.15) is 11.3 Å². The van der Waals surface area contributed by atoms with E-state index in [1.165, 1.54) is 5.56 Å². The highest BCUT2D eigenvalue weighted by Crippen LogP contribution is 2.19. The van der Waals surface area contributed by atoms with Gasteiger partial charge in [-0.3, -0.25) is 0 Å². The van der Waals surface area contributed by atoms with Crippen LogP contribution in [0.25, 0.3) is 11.5 Å². The van der Waals surface area contributed by atoms with Crippen LogP contribution in [0.4, 0.5) is 0 Å². The molecule has 74 valence electrons. The van der Waals surface area contributed by atoms with E-state index in [2.05, 4.69) is 4.98 Å². The maximum Gasteiger partial charge on any atom is 0.226 e. The van der Waals surface area contributed by atoms with Crippen LogP contribution in [-0.2, 0) is 6.42 Å². The van der Waals surface area contributed by atoms with Crippen molar-refractivity contribution < 1.29 is 4.42 Å². The van der Waals surface area contributed by atoms with Gasteiger partial charge in [-0.2, -0.15) is 5.26 Å². The van der Waals surface area contributed by atoms with Crippen molar-refractivity contribution >= 4 is 0 Å². The number of nitriles is 1. The largest absolute Gasteiger partial charge is 0.440 e. The van der Waals surface area contributed by atoms with Gasteiger partial charge in [-0.1, -0.05) is 17.7 Å². The first-order valence-electron chi connectivity index (χ1n) is 4.68. The molecule has 1 aromatic carbocycles. The van der Waals surface area contributed by atoms with E-state index in [1.807, 2.05) is 37.3 Å². The number of nitrogens with zero attached hydrogens (tertiary/aromatic N) is 2. The zero-order valence-corrected chi connectivity index (χ0v) is 8.40. The number of aromatic nitrogens is 1. The number of hydrogen-bond acceptors (Lipinski definition) is 3. The molecule has 0 bridgehead atoms. The third-order valence-corrected chi connectivity index (χ3v) is 2.11. The van der Waals surface area contributed by atoms with Crippen molar-refractivity contribution in [1.29, 1.82) is 5.26 Å². The quantitative estimate of drug-likeness (QED) is 0.745. The van der Waals surface area contributed by atoms with E-state index in [1.54, 1.807) is 6.20 Å². The number of rotatable bonds is 2. The molecule has 0 aliphatic rings. The summed E-state index contributed by atoms with van der Waals surface area (Å²) in [6, 6.07) is 9.94. The third kappa shape index (κ3) is 2.05. The van der Waals surface area contributed by atoms with Crippen molar-refractivity contribution in [2.24, 2.45) is 0 Å². The van der Waals surface area contributed by atoms with Crippen LogP contribution in [0, 0.1) is 18.3 Å². The van der Waals surface area contributed by atoms with Crippen molar-refractivity contribution in [3.63, 3.8) is 0 Å². The smallest absolute Gasteiger partial charge is 0.226 e. The van der Waals surface area contributed by atoms with Gasteiger partial charge < -0.3 is 4.42 Å². The van der Waals surface area contributed by atoms with E-state index in [4.69, 9.17) is 9.68 Å². The summed E-state index contributed by atoms with van der Waals surface area (Å²) < 4.78 is 5.42. The van der Waals surface area contributed by atoms with E-state index >= 15 is 0 Å². The predicted molar refractivity (Wildman–Crippen MR) is 56.0 cm³/mol. The van der Waals surface area contributed by atoms with E-state index in [9.17, 15) is 0 Å². The summed E-state index contributed by atoms with van der Waals surface area (Å²) in [4.78, 5) is 4.12. The summed E-state index contributed by atoms with van der Waals surface area (Å²) in [5, 5.41) is 8.50. The van der Waals surface area contributed by atoms with Crippen LogP contribution < -0.4 is 0 Å². The van der Waals surface area contributed by atoms with Crippen molar-refractivity contribution in [2.45, 2.75) is 13.3 Å². The first-order chi connectivity index (χ1) is 7.29. The molecule has 0 radical (unpaired) electrons. The van der Waals surface area contributed by atoms with Crippen LogP contribution in [0.3, 0.4) is 0 Å². The lowest BCUT2D eigenvalue weighted by Crippen LogP contribution is -1.77. The lowest BCUT2D eigenvalue weighted by Gasteiger charge is -1.95. The molecule has 0 N–H and O–H groups in total. The Bertz CT molecular complexity index is 491. The minimum atomic E-state index is 0.263. The lowest BCUT2D eigenvalue weighted by atomic mass is 10.1. The summed E-state index contributed by atoms with van der Waals surface area (Å²) in [5.41, 5.74) is 2.13. The molecule has 2 rings (SSSR count). The van der Waals surface area contributed by atoms with Gasteiger partial charge in [-0.15, -0.1) is 0 Å². The van der Waals surface area contributed by atoms with Gasteiger partial charge in [0.15, 0.2) is 0 Å².